The molecule has 0 saturated heterocycles. The number of ether oxygens (including phenoxy) is 1. The number of hydrogen-bond acceptors (Lipinski definition) is 3. The van der Waals surface area contributed by atoms with E-state index in [1.54, 1.807) is 7.11 Å². The summed E-state index contributed by atoms with van der Waals surface area (Å²) in [7, 11) is 1.66. The minimum absolute atomic E-state index is 0.255. The van der Waals surface area contributed by atoms with Gasteiger partial charge in [-0.05, 0) is 0 Å². The Morgan fingerprint density at radius 2 is 1.85 bits per heavy atom. The van der Waals surface area contributed by atoms with E-state index in [-0.39, 0.29) is 4.69 Å². The predicted molar refractivity (Wildman–Crippen MR) is 105 cm³/mol. The molecule has 0 N–H and O–H groups in total. The van der Waals surface area contributed by atoms with Crippen molar-refractivity contribution in [3.8, 4) is 28.4 Å². The van der Waals surface area contributed by atoms with E-state index in [1.165, 1.54) is 0 Å². The number of para-hydroxylation sites is 1. The average Bonchev–Trinajstić information content (AvgIpc) is 3.11. The van der Waals surface area contributed by atoms with E-state index in [0.717, 1.165) is 34.1 Å². The topological polar surface area (TPSA) is 47.4 Å². The Morgan fingerprint density at radius 1 is 1.12 bits per heavy atom. The second kappa shape index (κ2) is 6.65. The maximum absolute atomic E-state index is 12.9. The number of hydrogen-bond donors (Lipinski definition) is 0. The van der Waals surface area contributed by atoms with Crippen LogP contribution < -0.4 is 9.64 Å². The zero-order chi connectivity index (χ0) is 18.3. The van der Waals surface area contributed by atoms with Crippen LogP contribution in [-0.4, -0.2) is 36.0 Å². The third-order valence-corrected chi connectivity index (χ3v) is 6.68. The SMILES string of the molecule is COc1ccc(-c2ncc3n2CN(C(=O)[As](C)C)c2ccccc2-3)cc1. The normalized spacial score (nSPS) is 12.7. The van der Waals surface area contributed by atoms with Crippen molar-refractivity contribution in [2.75, 3.05) is 12.0 Å². The summed E-state index contributed by atoms with van der Waals surface area (Å²) in [6.07, 6.45) is 1.90. The third kappa shape index (κ3) is 2.73. The number of carbonyl (C=O) groups is 1. The molecule has 0 fully saturated rings. The van der Waals surface area contributed by atoms with Crippen molar-refractivity contribution in [2.45, 2.75) is 18.1 Å². The molecule has 0 spiro atoms. The van der Waals surface area contributed by atoms with Gasteiger partial charge in [0.1, 0.15) is 0 Å². The number of amides is 1. The number of rotatable bonds is 3. The van der Waals surface area contributed by atoms with Gasteiger partial charge in [0.2, 0.25) is 0 Å². The van der Waals surface area contributed by atoms with Crippen molar-refractivity contribution in [1.82, 2.24) is 9.55 Å². The van der Waals surface area contributed by atoms with Crippen LogP contribution in [0.3, 0.4) is 0 Å². The Labute approximate surface area is 157 Å². The van der Waals surface area contributed by atoms with Crippen LogP contribution in [0.2, 0.25) is 11.4 Å². The van der Waals surface area contributed by atoms with Crippen LogP contribution in [0.15, 0.2) is 54.7 Å². The summed E-state index contributed by atoms with van der Waals surface area (Å²) in [6.45, 7) is 0.499. The van der Waals surface area contributed by atoms with E-state index in [2.05, 4.69) is 27.0 Å². The fraction of sp³-hybridized carbons (Fsp3) is 0.200. The molecule has 1 aliphatic rings. The van der Waals surface area contributed by atoms with E-state index in [9.17, 15) is 4.79 Å². The molecular formula is C20H20AsN3O2. The summed E-state index contributed by atoms with van der Waals surface area (Å²) in [5.74, 6) is 1.67. The summed E-state index contributed by atoms with van der Waals surface area (Å²) in [5.41, 5.74) is 8.23. The molecule has 0 saturated carbocycles. The van der Waals surface area contributed by atoms with Crippen LogP contribution in [0.4, 0.5) is 10.5 Å². The van der Waals surface area contributed by atoms with Gasteiger partial charge >= 0.3 is 157 Å². The van der Waals surface area contributed by atoms with Gasteiger partial charge in [0.15, 0.2) is 0 Å². The van der Waals surface area contributed by atoms with Gasteiger partial charge in [0.25, 0.3) is 0 Å². The van der Waals surface area contributed by atoms with Crippen LogP contribution in [-0.2, 0) is 6.67 Å². The number of nitrogens with zero attached hydrogens (tertiary/aromatic N) is 3. The van der Waals surface area contributed by atoms with Gasteiger partial charge < -0.3 is 0 Å². The van der Waals surface area contributed by atoms with E-state index in [1.807, 2.05) is 53.6 Å². The molecule has 1 amide bonds. The van der Waals surface area contributed by atoms with Gasteiger partial charge in [-0.1, -0.05) is 0 Å². The summed E-state index contributed by atoms with van der Waals surface area (Å²) in [4.78, 5) is 19.4. The first-order valence-electron chi connectivity index (χ1n) is 8.38. The zero-order valence-corrected chi connectivity index (χ0v) is 16.9. The summed E-state index contributed by atoms with van der Waals surface area (Å²) >= 11 is -1.52. The van der Waals surface area contributed by atoms with Gasteiger partial charge in [-0.15, -0.1) is 0 Å². The van der Waals surface area contributed by atoms with E-state index in [0.29, 0.717) is 6.67 Å². The van der Waals surface area contributed by atoms with Crippen molar-refractivity contribution < 1.29 is 9.53 Å². The molecule has 0 unspecified atom stereocenters. The van der Waals surface area contributed by atoms with Crippen LogP contribution in [0.25, 0.3) is 22.6 Å². The fourth-order valence-electron chi connectivity index (χ4n) is 3.25. The number of aromatic nitrogens is 2. The maximum atomic E-state index is 12.9. The molecule has 26 heavy (non-hydrogen) atoms. The first kappa shape index (κ1) is 16.9. The number of methoxy groups -OCH3 is 1. The first-order valence-corrected chi connectivity index (χ1v) is 13.1. The Morgan fingerprint density at radius 3 is 2.54 bits per heavy atom. The van der Waals surface area contributed by atoms with Gasteiger partial charge in [-0.3, -0.25) is 0 Å². The summed E-state index contributed by atoms with van der Waals surface area (Å²) in [6, 6.07) is 15.9. The molecule has 4 rings (SSSR count). The molecule has 0 radical (unpaired) electrons. The van der Waals surface area contributed by atoms with Crippen LogP contribution >= 0.6 is 0 Å². The fourth-order valence-corrected chi connectivity index (χ4v) is 4.62. The van der Waals surface area contributed by atoms with Crippen molar-refractivity contribution >= 4 is 25.0 Å². The molecule has 1 aliphatic heterocycles. The number of carbonyl (C=O) groups excluding carboxylic acids is 1. The number of imidazole rings is 1. The van der Waals surface area contributed by atoms with Crippen molar-refractivity contribution in [1.29, 1.82) is 0 Å². The van der Waals surface area contributed by atoms with Gasteiger partial charge in [0.05, 0.1) is 0 Å². The first-order chi connectivity index (χ1) is 12.6. The monoisotopic (exact) mass is 409 g/mol. The molecule has 2 heterocycles. The molecule has 6 heteroatoms. The molecule has 5 nitrogen and oxygen atoms in total. The van der Waals surface area contributed by atoms with Crippen molar-refractivity contribution in [3.05, 3.63) is 54.7 Å². The standard InChI is InChI=1S/C20H20AsN3O2/c1-21(2)20(25)24-13-23-18(16-6-4-5-7-17(16)24)12-22-19(23)14-8-10-15(26-3)11-9-14/h4-12H,13H2,1-3H3. The Bertz CT molecular complexity index is 963. The Balaban J connectivity index is 1.84. The van der Waals surface area contributed by atoms with Crippen molar-refractivity contribution in [2.24, 2.45) is 0 Å². The van der Waals surface area contributed by atoms with Gasteiger partial charge in [-0.2, -0.15) is 0 Å². The quantitative estimate of drug-likeness (QED) is 0.601. The van der Waals surface area contributed by atoms with Gasteiger partial charge in [0, 0.05) is 0 Å². The number of fused-ring (bicyclic) bond motifs is 3. The third-order valence-electron chi connectivity index (χ3n) is 4.57. The number of benzene rings is 2. The summed E-state index contributed by atoms with van der Waals surface area (Å²) < 4.78 is 7.62. The van der Waals surface area contributed by atoms with Gasteiger partial charge in [-0.25, -0.2) is 0 Å². The van der Waals surface area contributed by atoms with Crippen molar-refractivity contribution in [3.63, 3.8) is 0 Å². The van der Waals surface area contributed by atoms with Crippen LogP contribution in [0.1, 0.15) is 0 Å². The second-order valence-electron chi connectivity index (χ2n) is 6.39. The molecular weight excluding hydrogens is 389 g/mol. The molecule has 3 aromatic rings. The van der Waals surface area contributed by atoms with E-state index < -0.39 is 14.7 Å². The van der Waals surface area contributed by atoms with Crippen LogP contribution in [0, 0.1) is 0 Å². The molecule has 0 atom stereocenters. The minimum atomic E-state index is -1.52. The zero-order valence-electron chi connectivity index (χ0n) is 15.0. The Kier molecular flexibility index (Phi) is 4.33. The molecule has 2 aromatic carbocycles. The Hall–Kier alpha value is -2.52. The molecule has 0 aliphatic carbocycles. The molecule has 1 aromatic heterocycles. The average molecular weight is 409 g/mol. The number of anilines is 1. The van der Waals surface area contributed by atoms with E-state index >= 15 is 0 Å². The summed E-state index contributed by atoms with van der Waals surface area (Å²) in [5, 5.41) is 0. The second-order valence-corrected chi connectivity index (χ2v) is 10.9. The van der Waals surface area contributed by atoms with Crippen LogP contribution in [0.5, 0.6) is 5.75 Å². The predicted octanol–water partition coefficient (Wildman–Crippen LogP) is 4.46. The molecule has 0 bridgehead atoms. The molecule has 132 valence electrons. The van der Waals surface area contributed by atoms with E-state index in [4.69, 9.17) is 4.74 Å².